The molecule has 2 aliphatic rings. The van der Waals surface area contributed by atoms with Gasteiger partial charge in [0.15, 0.2) is 0 Å². The summed E-state index contributed by atoms with van der Waals surface area (Å²) in [5.74, 6) is 0. The van der Waals surface area contributed by atoms with Crippen molar-refractivity contribution in [3.63, 3.8) is 0 Å². The van der Waals surface area contributed by atoms with Crippen molar-refractivity contribution in [3.05, 3.63) is 23.8 Å². The number of rotatable bonds is 2. The van der Waals surface area contributed by atoms with E-state index in [1.165, 1.54) is 17.5 Å². The lowest BCUT2D eigenvalue weighted by Gasteiger charge is -2.41. The Balaban J connectivity index is 1.85. The van der Waals surface area contributed by atoms with E-state index in [4.69, 9.17) is 5.73 Å². The summed E-state index contributed by atoms with van der Waals surface area (Å²) in [6.07, 6.45) is 7.25. The van der Waals surface area contributed by atoms with Crippen LogP contribution in [0.1, 0.15) is 37.7 Å². The normalized spacial score (nSPS) is 26.4. The van der Waals surface area contributed by atoms with Crippen LogP contribution in [0, 0.1) is 0 Å². The fourth-order valence-corrected chi connectivity index (χ4v) is 4.98. The minimum atomic E-state index is -2.93. The Labute approximate surface area is 127 Å². The number of benzene rings is 1. The Kier molecular flexibility index (Phi) is 3.86. The number of nitrogens with zero attached hydrogens (tertiary/aromatic N) is 1. The number of hydrogen-bond acceptors (Lipinski definition) is 4. The largest absolute Gasteiger partial charge is 0.399 e. The van der Waals surface area contributed by atoms with Gasteiger partial charge >= 0.3 is 0 Å². The molecular weight excluding hydrogens is 284 g/mol. The molecule has 3 rings (SSSR count). The van der Waals surface area contributed by atoms with Crippen LogP contribution in [-0.4, -0.2) is 32.5 Å². The van der Waals surface area contributed by atoms with Gasteiger partial charge in [0.1, 0.15) is 9.84 Å². The molecule has 1 fully saturated rings. The molecule has 1 saturated carbocycles. The quantitative estimate of drug-likeness (QED) is 0.852. The van der Waals surface area contributed by atoms with Crippen LogP contribution in [0.15, 0.2) is 18.2 Å². The molecule has 1 heterocycles. The van der Waals surface area contributed by atoms with Gasteiger partial charge in [-0.3, -0.25) is 0 Å². The Morgan fingerprint density at radius 1 is 1.24 bits per heavy atom. The van der Waals surface area contributed by atoms with E-state index in [0.29, 0.717) is 6.04 Å². The van der Waals surface area contributed by atoms with Crippen molar-refractivity contribution < 1.29 is 8.42 Å². The van der Waals surface area contributed by atoms with Crippen molar-refractivity contribution >= 4 is 21.2 Å². The number of hydrogen-bond donors (Lipinski definition) is 1. The molecule has 2 N–H and O–H groups in total. The average molecular weight is 308 g/mol. The predicted molar refractivity (Wildman–Crippen MR) is 87.4 cm³/mol. The predicted octanol–water partition coefficient (Wildman–Crippen LogP) is 2.38. The highest BCUT2D eigenvalue weighted by atomic mass is 32.2. The number of sulfone groups is 1. The lowest BCUT2D eigenvalue weighted by Crippen LogP contribution is -2.44. The molecule has 21 heavy (non-hydrogen) atoms. The third-order valence-electron chi connectivity index (χ3n) is 4.90. The zero-order chi connectivity index (χ0) is 15.0. The van der Waals surface area contributed by atoms with Crippen molar-refractivity contribution in [2.24, 2.45) is 0 Å². The maximum Gasteiger partial charge on any atom is 0.150 e. The molecule has 0 saturated heterocycles. The molecule has 2 atom stereocenters. The number of anilines is 2. The second-order valence-corrected chi connectivity index (χ2v) is 8.78. The number of nitrogens with two attached hydrogens (primary N) is 1. The summed E-state index contributed by atoms with van der Waals surface area (Å²) >= 11 is 0. The number of aryl methyl sites for hydroxylation is 1. The first kappa shape index (κ1) is 14.7. The Morgan fingerprint density at radius 3 is 2.81 bits per heavy atom. The van der Waals surface area contributed by atoms with Crippen molar-refractivity contribution in [2.45, 2.75) is 49.8 Å². The van der Waals surface area contributed by atoms with Gasteiger partial charge in [-0.1, -0.05) is 6.42 Å². The highest BCUT2D eigenvalue weighted by Crippen LogP contribution is 2.35. The Hall–Kier alpha value is -1.23. The Morgan fingerprint density at radius 2 is 2.05 bits per heavy atom. The van der Waals surface area contributed by atoms with E-state index in [-0.39, 0.29) is 5.25 Å². The molecule has 2 unspecified atom stereocenters. The summed E-state index contributed by atoms with van der Waals surface area (Å²) in [6.45, 7) is 1.03. The van der Waals surface area contributed by atoms with Crippen molar-refractivity contribution in [1.82, 2.24) is 0 Å². The first-order valence-corrected chi connectivity index (χ1v) is 9.74. The monoisotopic (exact) mass is 308 g/mol. The summed E-state index contributed by atoms with van der Waals surface area (Å²) in [5.41, 5.74) is 9.27. The summed E-state index contributed by atoms with van der Waals surface area (Å²) in [5, 5.41) is -0.171. The van der Waals surface area contributed by atoms with E-state index in [0.717, 1.165) is 50.8 Å². The number of nitrogen functional groups attached to an aromatic ring is 1. The van der Waals surface area contributed by atoms with Gasteiger partial charge < -0.3 is 10.6 Å². The molecule has 0 amide bonds. The van der Waals surface area contributed by atoms with Crippen LogP contribution in [0.2, 0.25) is 0 Å². The molecule has 1 aromatic carbocycles. The molecule has 1 aromatic rings. The zero-order valence-corrected chi connectivity index (χ0v) is 13.4. The first-order valence-electron chi connectivity index (χ1n) is 7.79. The minimum Gasteiger partial charge on any atom is -0.399 e. The summed E-state index contributed by atoms with van der Waals surface area (Å²) < 4.78 is 23.7. The molecule has 1 aliphatic carbocycles. The molecule has 0 spiro atoms. The molecule has 4 nitrogen and oxygen atoms in total. The van der Waals surface area contributed by atoms with Gasteiger partial charge in [-0.2, -0.15) is 0 Å². The van der Waals surface area contributed by atoms with Crippen LogP contribution < -0.4 is 10.6 Å². The molecule has 0 aromatic heterocycles. The smallest absolute Gasteiger partial charge is 0.150 e. The fourth-order valence-electron chi connectivity index (χ4n) is 3.82. The van der Waals surface area contributed by atoms with E-state index in [9.17, 15) is 8.42 Å². The molecule has 0 bridgehead atoms. The van der Waals surface area contributed by atoms with Gasteiger partial charge in [0.25, 0.3) is 0 Å². The van der Waals surface area contributed by atoms with Gasteiger partial charge in [-0.25, -0.2) is 8.42 Å². The second-order valence-electron chi connectivity index (χ2n) is 6.46. The van der Waals surface area contributed by atoms with Crippen LogP contribution in [0.4, 0.5) is 11.4 Å². The lowest BCUT2D eigenvalue weighted by molar-refractivity contribution is 0.404. The first-order chi connectivity index (χ1) is 9.95. The molecule has 116 valence electrons. The maximum absolute atomic E-state index is 11.9. The molecule has 0 radical (unpaired) electrons. The van der Waals surface area contributed by atoms with E-state index in [1.54, 1.807) is 0 Å². The van der Waals surface area contributed by atoms with Crippen LogP contribution in [0.3, 0.4) is 0 Å². The van der Waals surface area contributed by atoms with Crippen LogP contribution >= 0.6 is 0 Å². The van der Waals surface area contributed by atoms with E-state index in [2.05, 4.69) is 17.0 Å². The van der Waals surface area contributed by atoms with E-state index < -0.39 is 9.84 Å². The third kappa shape index (κ3) is 3.03. The average Bonchev–Trinajstić information content (AvgIpc) is 2.45. The third-order valence-corrected chi connectivity index (χ3v) is 6.54. The van der Waals surface area contributed by atoms with Gasteiger partial charge in [-0.05, 0) is 55.9 Å². The van der Waals surface area contributed by atoms with E-state index in [1.807, 2.05) is 6.07 Å². The fraction of sp³-hybridized carbons (Fsp3) is 0.625. The van der Waals surface area contributed by atoms with Crippen LogP contribution in [-0.2, 0) is 16.3 Å². The standard InChI is InChI=1S/C16H24N2O2S/c1-21(19,20)15-6-2-5-14(11-15)18-9-3-4-12-10-13(17)7-8-16(12)18/h7-8,10,14-15H,2-6,9,11,17H2,1H3. The van der Waals surface area contributed by atoms with Gasteiger partial charge in [0, 0.05) is 30.2 Å². The van der Waals surface area contributed by atoms with Gasteiger partial charge in [0.05, 0.1) is 5.25 Å². The van der Waals surface area contributed by atoms with Crippen molar-refractivity contribution in [1.29, 1.82) is 0 Å². The lowest BCUT2D eigenvalue weighted by atomic mass is 9.90. The highest BCUT2D eigenvalue weighted by molar-refractivity contribution is 7.91. The summed E-state index contributed by atoms with van der Waals surface area (Å²) in [6, 6.07) is 6.47. The van der Waals surface area contributed by atoms with Crippen LogP contribution in [0.25, 0.3) is 0 Å². The van der Waals surface area contributed by atoms with Crippen molar-refractivity contribution in [3.8, 4) is 0 Å². The maximum atomic E-state index is 11.9. The highest BCUT2D eigenvalue weighted by Gasteiger charge is 2.33. The molecule has 1 aliphatic heterocycles. The SMILES string of the molecule is CS(=O)(=O)C1CCCC(N2CCCc3cc(N)ccc32)C1. The van der Waals surface area contributed by atoms with Gasteiger partial charge in [0.2, 0.25) is 0 Å². The topological polar surface area (TPSA) is 63.4 Å². The zero-order valence-electron chi connectivity index (χ0n) is 12.6. The summed E-state index contributed by atoms with van der Waals surface area (Å²) in [4.78, 5) is 2.43. The second kappa shape index (κ2) is 5.52. The van der Waals surface area contributed by atoms with Gasteiger partial charge in [-0.15, -0.1) is 0 Å². The number of fused-ring (bicyclic) bond motifs is 1. The minimum absolute atomic E-state index is 0.171. The molecule has 5 heteroatoms. The summed E-state index contributed by atoms with van der Waals surface area (Å²) in [7, 11) is -2.93. The Bertz CT molecular complexity index is 627. The molecular formula is C16H24N2O2S. The van der Waals surface area contributed by atoms with Crippen molar-refractivity contribution in [2.75, 3.05) is 23.4 Å². The van der Waals surface area contributed by atoms with E-state index >= 15 is 0 Å². The van der Waals surface area contributed by atoms with Crippen LogP contribution in [0.5, 0.6) is 0 Å².